The lowest BCUT2D eigenvalue weighted by Crippen LogP contribution is -2.26. The molecule has 0 bridgehead atoms. The zero-order valence-electron chi connectivity index (χ0n) is 13.6. The normalized spacial score (nSPS) is 14.9. The number of hydrogen-bond acceptors (Lipinski definition) is 4. The van der Waals surface area contributed by atoms with Crippen LogP contribution in [0.15, 0.2) is 28.7 Å². The molecule has 1 aromatic carbocycles. The largest absolute Gasteiger partial charge is 0.492 e. The van der Waals surface area contributed by atoms with Crippen molar-refractivity contribution in [2.75, 3.05) is 26.2 Å². The molecule has 0 aliphatic carbocycles. The van der Waals surface area contributed by atoms with Gasteiger partial charge in [0, 0.05) is 6.54 Å². The first-order valence-corrected chi connectivity index (χ1v) is 8.86. The van der Waals surface area contributed by atoms with E-state index in [1.165, 1.54) is 45.3 Å². The van der Waals surface area contributed by atoms with Crippen molar-refractivity contribution in [2.45, 2.75) is 32.1 Å². The Balaban J connectivity index is 0.000000413. The summed E-state index contributed by atoms with van der Waals surface area (Å²) in [6.45, 7) is 4.52. The van der Waals surface area contributed by atoms with E-state index in [4.69, 9.17) is 24.5 Å². The third kappa shape index (κ3) is 8.88. The predicted octanol–water partition coefficient (Wildman–Crippen LogP) is 3.25. The molecule has 1 aliphatic rings. The highest BCUT2D eigenvalue weighted by Crippen LogP contribution is 2.23. The van der Waals surface area contributed by atoms with Crippen LogP contribution in [0.1, 0.15) is 32.1 Å². The Morgan fingerprint density at radius 2 is 1.62 bits per heavy atom. The monoisotopic (exact) mass is 401 g/mol. The van der Waals surface area contributed by atoms with Gasteiger partial charge < -0.3 is 19.8 Å². The SMILES string of the molecule is Brc1ccccc1OCCCN1CCCCCC1.O=C(O)C(=O)O. The molecule has 6 nitrogen and oxygen atoms in total. The van der Waals surface area contributed by atoms with E-state index in [0.717, 1.165) is 23.2 Å². The lowest BCUT2D eigenvalue weighted by molar-refractivity contribution is -0.159. The molecule has 134 valence electrons. The molecule has 2 rings (SSSR count). The van der Waals surface area contributed by atoms with Gasteiger partial charge in [-0.2, -0.15) is 0 Å². The molecule has 1 fully saturated rings. The molecular weight excluding hydrogens is 378 g/mol. The number of carboxylic acids is 2. The summed E-state index contributed by atoms with van der Waals surface area (Å²) in [7, 11) is 0. The molecule has 7 heteroatoms. The van der Waals surface area contributed by atoms with E-state index in [9.17, 15) is 0 Å². The summed E-state index contributed by atoms with van der Waals surface area (Å²) >= 11 is 3.50. The Morgan fingerprint density at radius 3 is 2.17 bits per heavy atom. The lowest BCUT2D eigenvalue weighted by Gasteiger charge is -2.19. The van der Waals surface area contributed by atoms with Crippen molar-refractivity contribution in [3.05, 3.63) is 28.7 Å². The van der Waals surface area contributed by atoms with Crippen LogP contribution in [0.2, 0.25) is 0 Å². The Labute approximate surface area is 150 Å². The minimum Gasteiger partial charge on any atom is -0.492 e. The quantitative estimate of drug-likeness (QED) is 0.581. The van der Waals surface area contributed by atoms with Gasteiger partial charge in [0.2, 0.25) is 0 Å². The molecule has 1 aromatic rings. The maximum atomic E-state index is 9.10. The summed E-state index contributed by atoms with van der Waals surface area (Å²) < 4.78 is 6.83. The topological polar surface area (TPSA) is 87.1 Å². The number of nitrogens with zero attached hydrogens (tertiary/aromatic N) is 1. The Bertz CT molecular complexity index is 503. The van der Waals surface area contributed by atoms with Crippen molar-refractivity contribution < 1.29 is 24.5 Å². The predicted molar refractivity (Wildman–Crippen MR) is 94.4 cm³/mol. The number of hydrogen-bond donors (Lipinski definition) is 2. The van der Waals surface area contributed by atoms with Crippen LogP contribution < -0.4 is 4.74 Å². The van der Waals surface area contributed by atoms with Gasteiger partial charge in [0.25, 0.3) is 0 Å². The third-order valence-corrected chi connectivity index (χ3v) is 4.25. The summed E-state index contributed by atoms with van der Waals surface area (Å²) in [6.07, 6.45) is 6.66. The van der Waals surface area contributed by atoms with Gasteiger partial charge in [0.1, 0.15) is 5.75 Å². The summed E-state index contributed by atoms with van der Waals surface area (Å²) in [5, 5.41) is 14.8. The van der Waals surface area contributed by atoms with Crippen LogP contribution in [0.3, 0.4) is 0 Å². The van der Waals surface area contributed by atoms with Crippen molar-refractivity contribution in [1.82, 2.24) is 4.90 Å². The number of carboxylic acid groups (broad SMARTS) is 2. The molecule has 1 heterocycles. The molecule has 0 atom stereocenters. The zero-order chi connectivity index (χ0) is 17.8. The van der Waals surface area contributed by atoms with E-state index >= 15 is 0 Å². The van der Waals surface area contributed by atoms with Gasteiger partial charge in [-0.15, -0.1) is 0 Å². The number of likely N-dealkylation sites (tertiary alicyclic amines) is 1. The first-order valence-electron chi connectivity index (χ1n) is 8.06. The second-order valence-electron chi connectivity index (χ2n) is 5.50. The average molecular weight is 402 g/mol. The van der Waals surface area contributed by atoms with Gasteiger partial charge in [0.15, 0.2) is 0 Å². The van der Waals surface area contributed by atoms with Crippen LogP contribution in [-0.4, -0.2) is 53.3 Å². The van der Waals surface area contributed by atoms with Gasteiger partial charge in [-0.3, -0.25) is 0 Å². The third-order valence-electron chi connectivity index (χ3n) is 3.59. The first kappa shape index (κ1) is 20.4. The number of carbonyl (C=O) groups is 2. The lowest BCUT2D eigenvalue weighted by atomic mass is 10.2. The molecule has 0 unspecified atom stereocenters. The number of para-hydroxylation sites is 1. The molecule has 1 saturated heterocycles. The summed E-state index contributed by atoms with van der Waals surface area (Å²) in [4.78, 5) is 20.8. The van der Waals surface area contributed by atoms with Gasteiger partial charge in [-0.05, 0) is 60.4 Å². The van der Waals surface area contributed by atoms with E-state index < -0.39 is 11.9 Å². The van der Waals surface area contributed by atoms with Gasteiger partial charge in [-0.1, -0.05) is 25.0 Å². The first-order chi connectivity index (χ1) is 11.5. The van der Waals surface area contributed by atoms with Gasteiger partial charge >= 0.3 is 11.9 Å². The maximum absolute atomic E-state index is 9.10. The molecule has 1 aliphatic heterocycles. The van der Waals surface area contributed by atoms with E-state index in [-0.39, 0.29) is 0 Å². The highest BCUT2D eigenvalue weighted by atomic mass is 79.9. The second-order valence-corrected chi connectivity index (χ2v) is 6.35. The maximum Gasteiger partial charge on any atom is 0.414 e. The number of benzene rings is 1. The molecule has 0 aromatic heterocycles. The molecule has 0 radical (unpaired) electrons. The molecule has 0 spiro atoms. The molecule has 0 saturated carbocycles. The van der Waals surface area contributed by atoms with E-state index in [2.05, 4.69) is 20.8 Å². The number of aliphatic carboxylic acids is 2. The standard InChI is InChI=1S/C15H22BrNO.C2H2O4/c16-14-8-3-4-9-15(14)18-13-7-12-17-10-5-1-2-6-11-17;3-1(4)2(5)6/h3-4,8-9H,1-2,5-7,10-13H2;(H,3,4)(H,5,6). The fraction of sp³-hybridized carbons (Fsp3) is 0.529. The van der Waals surface area contributed by atoms with Crippen LogP contribution in [0.5, 0.6) is 5.75 Å². The smallest absolute Gasteiger partial charge is 0.414 e. The fourth-order valence-electron chi connectivity index (χ4n) is 2.39. The highest BCUT2D eigenvalue weighted by Gasteiger charge is 2.08. The van der Waals surface area contributed by atoms with Crippen molar-refractivity contribution in [2.24, 2.45) is 0 Å². The van der Waals surface area contributed by atoms with Crippen molar-refractivity contribution in [3.63, 3.8) is 0 Å². The van der Waals surface area contributed by atoms with Gasteiger partial charge in [0.05, 0.1) is 11.1 Å². The Kier molecular flexibility index (Phi) is 10.1. The average Bonchev–Trinajstić information content (AvgIpc) is 2.82. The second kappa shape index (κ2) is 11.9. The van der Waals surface area contributed by atoms with Gasteiger partial charge in [-0.25, -0.2) is 9.59 Å². The molecular formula is C17H24BrNO5. The molecule has 0 amide bonds. The van der Waals surface area contributed by atoms with Crippen LogP contribution >= 0.6 is 15.9 Å². The fourth-order valence-corrected chi connectivity index (χ4v) is 2.79. The van der Waals surface area contributed by atoms with Crippen molar-refractivity contribution in [1.29, 1.82) is 0 Å². The Morgan fingerprint density at radius 1 is 1.04 bits per heavy atom. The molecule has 24 heavy (non-hydrogen) atoms. The van der Waals surface area contributed by atoms with Crippen molar-refractivity contribution in [3.8, 4) is 5.75 Å². The summed E-state index contributed by atoms with van der Waals surface area (Å²) in [5.74, 6) is -2.70. The summed E-state index contributed by atoms with van der Waals surface area (Å²) in [6, 6.07) is 8.04. The van der Waals surface area contributed by atoms with E-state index in [1.807, 2.05) is 24.3 Å². The highest BCUT2D eigenvalue weighted by molar-refractivity contribution is 9.10. The van der Waals surface area contributed by atoms with Crippen LogP contribution in [0, 0.1) is 0 Å². The van der Waals surface area contributed by atoms with Crippen LogP contribution in [0.4, 0.5) is 0 Å². The number of halogens is 1. The number of ether oxygens (including phenoxy) is 1. The van der Waals surface area contributed by atoms with E-state index in [0.29, 0.717) is 0 Å². The van der Waals surface area contributed by atoms with Crippen LogP contribution in [0.25, 0.3) is 0 Å². The minimum atomic E-state index is -1.82. The minimum absolute atomic E-state index is 0.805. The molecule has 2 N–H and O–H groups in total. The zero-order valence-corrected chi connectivity index (χ0v) is 15.2. The summed E-state index contributed by atoms with van der Waals surface area (Å²) in [5.41, 5.74) is 0. The van der Waals surface area contributed by atoms with E-state index in [1.54, 1.807) is 0 Å². The van der Waals surface area contributed by atoms with Crippen molar-refractivity contribution >= 4 is 27.9 Å². The Hall–Kier alpha value is -1.60. The number of rotatable bonds is 5. The van der Waals surface area contributed by atoms with Crippen LogP contribution in [-0.2, 0) is 9.59 Å².